The van der Waals surface area contributed by atoms with Crippen LogP contribution in [0.4, 0.5) is 5.69 Å². The lowest BCUT2D eigenvalue weighted by Gasteiger charge is -2.13. The number of benzene rings is 1. The van der Waals surface area contributed by atoms with E-state index in [-0.39, 0.29) is 10.9 Å². The van der Waals surface area contributed by atoms with Gasteiger partial charge >= 0.3 is 0 Å². The molecule has 5 nitrogen and oxygen atoms in total. The van der Waals surface area contributed by atoms with Gasteiger partial charge in [-0.2, -0.15) is 13.1 Å². The third-order valence-corrected chi connectivity index (χ3v) is 3.37. The summed E-state index contributed by atoms with van der Waals surface area (Å²) in [6, 6.07) is 6.74. The topological polar surface area (TPSA) is 84.2 Å². The Kier molecular flexibility index (Phi) is 5.06. The summed E-state index contributed by atoms with van der Waals surface area (Å²) in [6.45, 7) is 4.21. The highest BCUT2D eigenvalue weighted by molar-refractivity contribution is 7.90. The minimum atomic E-state index is -3.60. The molecule has 0 aliphatic heterocycles. The Morgan fingerprint density at radius 2 is 2.00 bits per heavy atom. The van der Waals surface area contributed by atoms with Gasteiger partial charge in [0.2, 0.25) is 0 Å². The first kappa shape index (κ1) is 14.9. The van der Waals surface area contributed by atoms with Crippen molar-refractivity contribution in [1.29, 1.82) is 0 Å². The van der Waals surface area contributed by atoms with E-state index in [1.165, 1.54) is 0 Å². The van der Waals surface area contributed by atoms with Crippen molar-refractivity contribution in [2.75, 3.05) is 11.3 Å². The van der Waals surface area contributed by atoms with E-state index in [1.807, 2.05) is 13.8 Å². The molecule has 0 unspecified atom stereocenters. The van der Waals surface area contributed by atoms with Crippen LogP contribution in [0.5, 0.6) is 0 Å². The second kappa shape index (κ2) is 6.12. The molecule has 0 heterocycles. The van der Waals surface area contributed by atoms with Gasteiger partial charge in [0, 0.05) is 12.1 Å². The summed E-state index contributed by atoms with van der Waals surface area (Å²) in [4.78, 5) is 0.150. The Labute approximate surface area is 113 Å². The summed E-state index contributed by atoms with van der Waals surface area (Å²) in [5, 5.41) is 0. The van der Waals surface area contributed by atoms with E-state index in [1.54, 1.807) is 24.3 Å². The van der Waals surface area contributed by atoms with Crippen LogP contribution in [0.2, 0.25) is 0 Å². The maximum absolute atomic E-state index is 11.8. The number of para-hydroxylation sites is 1. The first-order valence-corrected chi connectivity index (χ1v) is 7.37. The van der Waals surface area contributed by atoms with Crippen molar-refractivity contribution in [2.24, 2.45) is 11.7 Å². The highest BCUT2D eigenvalue weighted by Crippen LogP contribution is 2.15. The van der Waals surface area contributed by atoms with E-state index in [4.69, 9.17) is 18.0 Å². The predicted molar refractivity (Wildman–Crippen MR) is 77.7 cm³/mol. The fourth-order valence-electron chi connectivity index (χ4n) is 1.24. The SMILES string of the molecule is CC(C)CNS(=O)(=O)Nc1ccccc1C(N)=S. The van der Waals surface area contributed by atoms with E-state index >= 15 is 0 Å². The van der Waals surface area contributed by atoms with E-state index in [9.17, 15) is 8.42 Å². The molecular weight excluding hydrogens is 270 g/mol. The number of nitrogens with one attached hydrogen (secondary N) is 2. The quantitative estimate of drug-likeness (QED) is 0.687. The van der Waals surface area contributed by atoms with E-state index < -0.39 is 10.2 Å². The van der Waals surface area contributed by atoms with Gasteiger partial charge in [0.15, 0.2) is 0 Å². The van der Waals surface area contributed by atoms with Gasteiger partial charge in [-0.25, -0.2) is 0 Å². The second-order valence-electron chi connectivity index (χ2n) is 4.26. The molecule has 1 aromatic rings. The van der Waals surface area contributed by atoms with Crippen LogP contribution in [0.3, 0.4) is 0 Å². The van der Waals surface area contributed by atoms with Gasteiger partial charge in [0.05, 0.1) is 5.69 Å². The molecule has 0 saturated heterocycles. The minimum absolute atomic E-state index is 0.150. The van der Waals surface area contributed by atoms with Crippen molar-refractivity contribution in [3.8, 4) is 0 Å². The summed E-state index contributed by atoms with van der Waals surface area (Å²) in [5.74, 6) is 0.229. The molecule has 1 rings (SSSR count). The van der Waals surface area contributed by atoms with Crippen molar-refractivity contribution >= 4 is 33.1 Å². The molecule has 0 aliphatic rings. The minimum Gasteiger partial charge on any atom is -0.389 e. The van der Waals surface area contributed by atoms with Crippen molar-refractivity contribution in [1.82, 2.24) is 4.72 Å². The average molecular weight is 287 g/mol. The number of rotatable bonds is 6. The van der Waals surface area contributed by atoms with Gasteiger partial charge in [-0.1, -0.05) is 38.2 Å². The molecule has 4 N–H and O–H groups in total. The van der Waals surface area contributed by atoms with Gasteiger partial charge in [-0.05, 0) is 18.1 Å². The van der Waals surface area contributed by atoms with Crippen molar-refractivity contribution in [2.45, 2.75) is 13.8 Å². The number of anilines is 1. The molecular formula is C11H17N3O2S2. The number of hydrogen-bond acceptors (Lipinski definition) is 3. The summed E-state index contributed by atoms with van der Waals surface area (Å²) in [6.07, 6.45) is 0. The lowest BCUT2D eigenvalue weighted by atomic mass is 10.2. The maximum Gasteiger partial charge on any atom is 0.299 e. The van der Waals surface area contributed by atoms with Crippen LogP contribution < -0.4 is 15.2 Å². The number of thiocarbonyl (C=S) groups is 1. The van der Waals surface area contributed by atoms with Crippen LogP contribution >= 0.6 is 12.2 Å². The van der Waals surface area contributed by atoms with Gasteiger partial charge in [-0.15, -0.1) is 0 Å². The zero-order chi connectivity index (χ0) is 13.8. The van der Waals surface area contributed by atoms with Crippen LogP contribution in [0, 0.1) is 5.92 Å². The molecule has 0 fully saturated rings. The molecule has 0 bridgehead atoms. The Balaban J connectivity index is 2.87. The van der Waals surface area contributed by atoms with Crippen LogP contribution in [-0.4, -0.2) is 20.0 Å². The van der Waals surface area contributed by atoms with E-state index in [2.05, 4.69) is 9.44 Å². The lowest BCUT2D eigenvalue weighted by Crippen LogP contribution is -2.33. The molecule has 1 aromatic carbocycles. The highest BCUT2D eigenvalue weighted by Gasteiger charge is 2.13. The third kappa shape index (κ3) is 4.59. The zero-order valence-electron chi connectivity index (χ0n) is 10.3. The van der Waals surface area contributed by atoms with Gasteiger partial charge < -0.3 is 5.73 Å². The Morgan fingerprint density at radius 3 is 2.56 bits per heavy atom. The first-order valence-electron chi connectivity index (χ1n) is 5.48. The molecule has 0 saturated carbocycles. The largest absolute Gasteiger partial charge is 0.389 e. The Bertz CT molecular complexity index is 527. The Hall–Kier alpha value is -1.18. The molecule has 100 valence electrons. The lowest BCUT2D eigenvalue weighted by molar-refractivity contribution is 0.565. The monoisotopic (exact) mass is 287 g/mol. The molecule has 0 aliphatic carbocycles. The van der Waals surface area contributed by atoms with Crippen LogP contribution in [-0.2, 0) is 10.2 Å². The third-order valence-electron chi connectivity index (χ3n) is 2.12. The second-order valence-corrected chi connectivity index (χ2v) is 6.20. The van der Waals surface area contributed by atoms with Crippen molar-refractivity contribution in [3.63, 3.8) is 0 Å². The van der Waals surface area contributed by atoms with E-state index in [0.29, 0.717) is 17.8 Å². The summed E-state index contributed by atoms with van der Waals surface area (Å²) in [7, 11) is -3.60. The Morgan fingerprint density at radius 1 is 1.39 bits per heavy atom. The number of hydrogen-bond donors (Lipinski definition) is 3. The van der Waals surface area contributed by atoms with Crippen LogP contribution in [0.1, 0.15) is 19.4 Å². The highest BCUT2D eigenvalue weighted by atomic mass is 32.2. The molecule has 0 amide bonds. The average Bonchev–Trinajstić information content (AvgIpc) is 2.26. The van der Waals surface area contributed by atoms with Gasteiger partial charge in [0.25, 0.3) is 10.2 Å². The molecule has 7 heteroatoms. The fourth-order valence-corrected chi connectivity index (χ4v) is 2.51. The normalized spacial score (nSPS) is 11.5. The molecule has 0 atom stereocenters. The first-order chi connectivity index (χ1) is 8.32. The molecule has 0 aromatic heterocycles. The fraction of sp³-hybridized carbons (Fsp3) is 0.364. The standard InChI is InChI=1S/C11H17N3O2S2/c1-8(2)7-13-18(15,16)14-10-6-4-3-5-9(10)11(12)17/h3-6,8,13-14H,7H2,1-2H3,(H2,12,17). The smallest absolute Gasteiger partial charge is 0.299 e. The summed E-state index contributed by atoms with van der Waals surface area (Å²) >= 11 is 4.87. The molecule has 0 spiro atoms. The van der Waals surface area contributed by atoms with Gasteiger partial charge in [-0.3, -0.25) is 4.72 Å². The maximum atomic E-state index is 11.8. The predicted octanol–water partition coefficient (Wildman–Crippen LogP) is 1.22. The van der Waals surface area contributed by atoms with E-state index in [0.717, 1.165) is 0 Å². The summed E-state index contributed by atoms with van der Waals surface area (Å²) < 4.78 is 28.4. The zero-order valence-corrected chi connectivity index (χ0v) is 11.9. The summed E-state index contributed by atoms with van der Waals surface area (Å²) in [5.41, 5.74) is 6.41. The molecule has 18 heavy (non-hydrogen) atoms. The van der Waals surface area contributed by atoms with Gasteiger partial charge in [0.1, 0.15) is 4.99 Å². The number of nitrogens with two attached hydrogens (primary N) is 1. The van der Waals surface area contributed by atoms with Crippen LogP contribution in [0.15, 0.2) is 24.3 Å². The van der Waals surface area contributed by atoms with Crippen molar-refractivity contribution in [3.05, 3.63) is 29.8 Å². The van der Waals surface area contributed by atoms with Crippen molar-refractivity contribution < 1.29 is 8.42 Å². The molecule has 0 radical (unpaired) electrons. The van der Waals surface area contributed by atoms with Crippen LogP contribution in [0.25, 0.3) is 0 Å².